The largest absolute Gasteiger partial charge is 0.454 e. The average molecular weight is 374 g/mol. The maximum Gasteiger partial charge on any atom is 0.288 e. The van der Waals surface area contributed by atoms with Gasteiger partial charge in [0.05, 0.1) is 0 Å². The summed E-state index contributed by atoms with van der Waals surface area (Å²) >= 11 is 0.416. The first kappa shape index (κ1) is 17.8. The molecule has 0 saturated carbocycles. The van der Waals surface area contributed by atoms with Crippen molar-refractivity contribution in [1.29, 1.82) is 5.26 Å². The molecule has 0 aromatic heterocycles. The van der Waals surface area contributed by atoms with Crippen LogP contribution in [-0.2, 0) is 4.79 Å². The second-order valence-corrected chi connectivity index (χ2v) is 6.20. The molecule has 0 aliphatic carbocycles. The predicted molar refractivity (Wildman–Crippen MR) is 93.1 cm³/mol. The molecule has 2 aromatic carbocycles. The van der Waals surface area contributed by atoms with Gasteiger partial charge in [0.2, 0.25) is 6.79 Å². The van der Waals surface area contributed by atoms with Gasteiger partial charge >= 0.3 is 0 Å². The van der Waals surface area contributed by atoms with Crippen molar-refractivity contribution in [2.75, 3.05) is 12.1 Å². The van der Waals surface area contributed by atoms with Crippen LogP contribution in [0.15, 0.2) is 52.9 Å². The number of amides is 1. The Morgan fingerprint density at radius 2 is 1.92 bits per heavy atom. The van der Waals surface area contributed by atoms with E-state index in [9.17, 15) is 18.8 Å². The van der Waals surface area contributed by atoms with Crippen LogP contribution in [0.25, 0.3) is 6.08 Å². The van der Waals surface area contributed by atoms with E-state index in [2.05, 4.69) is 5.32 Å². The van der Waals surface area contributed by atoms with Crippen molar-refractivity contribution >= 4 is 29.4 Å². The third-order valence-electron chi connectivity index (χ3n) is 3.41. The Balaban J connectivity index is 1.72. The Kier molecular flexibility index (Phi) is 5.39. The normalized spacial score (nSPS) is 12.8. The molecule has 1 aliphatic heterocycles. The number of rotatable bonds is 5. The molecule has 132 valence electrons. The van der Waals surface area contributed by atoms with Gasteiger partial charge in [-0.3, -0.25) is 4.79 Å². The molecule has 0 fully saturated rings. The molecular formula is C18H12F2N2O3S. The van der Waals surface area contributed by atoms with Crippen molar-refractivity contribution in [2.45, 2.75) is 10.7 Å². The van der Waals surface area contributed by atoms with E-state index in [0.717, 1.165) is 0 Å². The first-order valence-corrected chi connectivity index (χ1v) is 8.31. The van der Waals surface area contributed by atoms with Crippen LogP contribution in [0.2, 0.25) is 0 Å². The highest BCUT2D eigenvalue weighted by molar-refractivity contribution is 7.99. The number of hydrogen-bond donors (Lipinski definition) is 1. The van der Waals surface area contributed by atoms with E-state index in [4.69, 9.17) is 9.47 Å². The second kappa shape index (κ2) is 7.89. The number of nitriles is 1. The van der Waals surface area contributed by atoms with Crippen LogP contribution < -0.4 is 14.8 Å². The zero-order valence-corrected chi connectivity index (χ0v) is 14.1. The van der Waals surface area contributed by atoms with Gasteiger partial charge in [0.15, 0.2) is 11.5 Å². The smallest absolute Gasteiger partial charge is 0.288 e. The lowest BCUT2D eigenvalue weighted by molar-refractivity contribution is -0.112. The van der Waals surface area contributed by atoms with Gasteiger partial charge in [-0.05, 0) is 48.0 Å². The van der Waals surface area contributed by atoms with Gasteiger partial charge in [0, 0.05) is 10.6 Å². The van der Waals surface area contributed by atoms with E-state index < -0.39 is 11.7 Å². The molecule has 26 heavy (non-hydrogen) atoms. The highest BCUT2D eigenvalue weighted by Gasteiger charge is 2.14. The SMILES string of the molecule is N#CC(=Cc1ccc2c(c1)OCO2)C(=O)Nc1ccc(SC(F)F)cc1. The van der Waals surface area contributed by atoms with Crippen LogP contribution in [0.4, 0.5) is 14.5 Å². The minimum Gasteiger partial charge on any atom is -0.454 e. The van der Waals surface area contributed by atoms with Gasteiger partial charge in [-0.15, -0.1) is 0 Å². The number of halogens is 2. The van der Waals surface area contributed by atoms with Crippen LogP contribution in [0.5, 0.6) is 11.5 Å². The number of ether oxygens (including phenoxy) is 2. The number of benzene rings is 2. The summed E-state index contributed by atoms with van der Waals surface area (Å²) in [6.45, 7) is 0.133. The second-order valence-electron chi connectivity index (χ2n) is 5.14. The lowest BCUT2D eigenvalue weighted by atomic mass is 10.1. The number of nitrogens with zero attached hydrogens (tertiary/aromatic N) is 1. The number of nitrogens with one attached hydrogen (secondary N) is 1. The van der Waals surface area contributed by atoms with Gasteiger partial charge in [-0.2, -0.15) is 14.0 Å². The standard InChI is InChI=1S/C18H12F2N2O3S/c19-18(20)26-14-4-2-13(3-5-14)22-17(23)12(9-21)7-11-1-6-15-16(8-11)25-10-24-15/h1-8,18H,10H2,(H,22,23). The summed E-state index contributed by atoms with van der Waals surface area (Å²) in [6, 6.07) is 12.9. The fraction of sp³-hybridized carbons (Fsp3) is 0.111. The van der Waals surface area contributed by atoms with Crippen LogP contribution in [0.3, 0.4) is 0 Å². The van der Waals surface area contributed by atoms with Gasteiger partial charge in [0.25, 0.3) is 11.7 Å². The lowest BCUT2D eigenvalue weighted by Crippen LogP contribution is -2.13. The van der Waals surface area contributed by atoms with Gasteiger partial charge in [0.1, 0.15) is 11.6 Å². The molecule has 0 bridgehead atoms. The third kappa shape index (κ3) is 4.32. The van der Waals surface area contributed by atoms with E-state index in [-0.39, 0.29) is 12.4 Å². The predicted octanol–water partition coefficient (Wildman–Crippen LogP) is 4.28. The van der Waals surface area contributed by atoms with E-state index in [0.29, 0.717) is 39.4 Å². The minimum atomic E-state index is -2.51. The summed E-state index contributed by atoms with van der Waals surface area (Å²) in [6.07, 6.45) is 1.43. The molecule has 8 heteroatoms. The Hall–Kier alpha value is -3.05. The molecule has 2 aromatic rings. The third-order valence-corrected chi connectivity index (χ3v) is 4.13. The lowest BCUT2D eigenvalue weighted by Gasteiger charge is -2.06. The molecule has 3 rings (SSSR count). The Morgan fingerprint density at radius 3 is 2.62 bits per heavy atom. The fourth-order valence-electron chi connectivity index (χ4n) is 2.24. The zero-order chi connectivity index (χ0) is 18.5. The van der Waals surface area contributed by atoms with E-state index in [1.54, 1.807) is 18.2 Å². The van der Waals surface area contributed by atoms with Crippen molar-refractivity contribution in [2.24, 2.45) is 0 Å². The summed E-state index contributed by atoms with van der Waals surface area (Å²) in [7, 11) is 0. The zero-order valence-electron chi connectivity index (χ0n) is 13.2. The van der Waals surface area contributed by atoms with Crippen molar-refractivity contribution in [1.82, 2.24) is 0 Å². The highest BCUT2D eigenvalue weighted by Crippen LogP contribution is 2.33. The van der Waals surface area contributed by atoms with Crippen LogP contribution in [0, 0.1) is 11.3 Å². The number of anilines is 1. The number of fused-ring (bicyclic) bond motifs is 1. The number of carbonyl (C=O) groups excluding carboxylic acids is 1. The number of carbonyl (C=O) groups is 1. The molecule has 1 heterocycles. The first-order valence-electron chi connectivity index (χ1n) is 7.43. The molecule has 0 saturated heterocycles. The summed E-state index contributed by atoms with van der Waals surface area (Å²) in [5.41, 5.74) is 0.917. The molecule has 1 amide bonds. The van der Waals surface area contributed by atoms with Gasteiger partial charge in [-0.25, -0.2) is 0 Å². The van der Waals surface area contributed by atoms with Crippen molar-refractivity contribution < 1.29 is 23.0 Å². The number of alkyl halides is 2. The van der Waals surface area contributed by atoms with Crippen molar-refractivity contribution in [3.05, 3.63) is 53.6 Å². The molecule has 0 spiro atoms. The summed E-state index contributed by atoms with van der Waals surface area (Å²) in [5.74, 6) is -1.96. The van der Waals surface area contributed by atoms with Crippen molar-refractivity contribution in [3.8, 4) is 17.6 Å². The molecule has 0 atom stereocenters. The van der Waals surface area contributed by atoms with Crippen molar-refractivity contribution in [3.63, 3.8) is 0 Å². The monoisotopic (exact) mass is 374 g/mol. The van der Waals surface area contributed by atoms with Crippen LogP contribution in [0.1, 0.15) is 5.56 Å². The van der Waals surface area contributed by atoms with E-state index in [1.807, 2.05) is 6.07 Å². The highest BCUT2D eigenvalue weighted by atomic mass is 32.2. The Labute approximate surface area is 152 Å². The average Bonchev–Trinajstić information content (AvgIpc) is 3.08. The number of thioether (sulfide) groups is 1. The fourth-order valence-corrected chi connectivity index (χ4v) is 2.74. The summed E-state index contributed by atoms with van der Waals surface area (Å²) in [5, 5.41) is 11.8. The van der Waals surface area contributed by atoms with Gasteiger partial charge < -0.3 is 14.8 Å². The number of hydrogen-bond acceptors (Lipinski definition) is 5. The Bertz CT molecular complexity index is 892. The summed E-state index contributed by atoms with van der Waals surface area (Å²) < 4.78 is 35.1. The molecule has 0 unspecified atom stereocenters. The molecule has 0 radical (unpaired) electrons. The van der Waals surface area contributed by atoms with Gasteiger partial charge in [-0.1, -0.05) is 17.8 Å². The molecule has 5 nitrogen and oxygen atoms in total. The quantitative estimate of drug-likeness (QED) is 0.481. The minimum absolute atomic E-state index is 0.102. The van der Waals surface area contributed by atoms with Crippen LogP contribution >= 0.6 is 11.8 Å². The maximum absolute atomic E-state index is 12.3. The van der Waals surface area contributed by atoms with Crippen LogP contribution in [-0.4, -0.2) is 18.5 Å². The molecular weight excluding hydrogens is 362 g/mol. The maximum atomic E-state index is 12.3. The van der Waals surface area contributed by atoms with E-state index >= 15 is 0 Å². The molecule has 1 aliphatic rings. The van der Waals surface area contributed by atoms with E-state index in [1.165, 1.54) is 30.3 Å². The first-order chi connectivity index (χ1) is 12.5. The molecule has 1 N–H and O–H groups in total. The summed E-state index contributed by atoms with van der Waals surface area (Å²) in [4.78, 5) is 12.6. The topological polar surface area (TPSA) is 71.3 Å². The Morgan fingerprint density at radius 1 is 1.19 bits per heavy atom.